The number of ether oxygens (including phenoxy) is 1. The number of aryl methyl sites for hydroxylation is 1. The number of amides is 1. The Bertz CT molecular complexity index is 992. The van der Waals surface area contributed by atoms with Crippen molar-refractivity contribution < 1.29 is 17.9 Å². The number of hydrogen-bond acceptors (Lipinski definition) is 4. The highest BCUT2D eigenvalue weighted by Crippen LogP contribution is 2.25. The van der Waals surface area contributed by atoms with Crippen molar-refractivity contribution in [1.29, 1.82) is 0 Å². The van der Waals surface area contributed by atoms with Crippen LogP contribution in [0.5, 0.6) is 5.75 Å². The van der Waals surface area contributed by atoms with E-state index in [1.54, 1.807) is 24.3 Å². The molecular formula is C24H30N2O4S. The van der Waals surface area contributed by atoms with Crippen LogP contribution < -0.4 is 10.1 Å². The largest absolute Gasteiger partial charge is 0.490 e. The van der Waals surface area contributed by atoms with Gasteiger partial charge in [0, 0.05) is 25.2 Å². The molecule has 4 rings (SSSR count). The van der Waals surface area contributed by atoms with Gasteiger partial charge in [0.25, 0.3) is 0 Å². The zero-order chi connectivity index (χ0) is 21.7. The Morgan fingerprint density at radius 2 is 1.71 bits per heavy atom. The van der Waals surface area contributed by atoms with Gasteiger partial charge in [0.05, 0.1) is 11.0 Å². The molecule has 0 atom stereocenters. The number of nitrogens with one attached hydrogen (secondary N) is 1. The van der Waals surface area contributed by atoms with Gasteiger partial charge in [0.2, 0.25) is 15.9 Å². The summed E-state index contributed by atoms with van der Waals surface area (Å²) in [5, 5.41) is 2.86. The van der Waals surface area contributed by atoms with Crippen LogP contribution in [0.2, 0.25) is 0 Å². The highest BCUT2D eigenvalue weighted by atomic mass is 32.2. The van der Waals surface area contributed by atoms with E-state index in [0.29, 0.717) is 37.7 Å². The van der Waals surface area contributed by atoms with Gasteiger partial charge in [-0.3, -0.25) is 4.79 Å². The van der Waals surface area contributed by atoms with E-state index in [4.69, 9.17) is 4.74 Å². The van der Waals surface area contributed by atoms with Gasteiger partial charge < -0.3 is 10.1 Å². The van der Waals surface area contributed by atoms with Crippen LogP contribution in [0.4, 0.5) is 5.69 Å². The Morgan fingerprint density at radius 1 is 1.00 bits per heavy atom. The van der Waals surface area contributed by atoms with Crippen molar-refractivity contribution in [2.24, 2.45) is 0 Å². The Morgan fingerprint density at radius 3 is 2.42 bits per heavy atom. The zero-order valence-corrected chi connectivity index (χ0v) is 18.6. The van der Waals surface area contributed by atoms with Gasteiger partial charge in [0.1, 0.15) is 5.75 Å². The quantitative estimate of drug-likeness (QED) is 0.659. The van der Waals surface area contributed by atoms with Gasteiger partial charge in [-0.2, -0.15) is 4.31 Å². The van der Waals surface area contributed by atoms with Gasteiger partial charge in [-0.05, 0) is 86.9 Å². The van der Waals surface area contributed by atoms with Crippen LogP contribution in [-0.4, -0.2) is 37.8 Å². The minimum atomic E-state index is -3.43. The third kappa shape index (κ3) is 5.66. The number of nitrogens with zero attached hydrogens (tertiary/aromatic N) is 1. The Balaban J connectivity index is 1.29. The summed E-state index contributed by atoms with van der Waals surface area (Å²) in [5.41, 5.74) is 1.67. The average molecular weight is 443 g/mol. The highest BCUT2D eigenvalue weighted by Gasteiger charge is 2.26. The molecule has 0 bridgehead atoms. The predicted molar refractivity (Wildman–Crippen MR) is 121 cm³/mol. The van der Waals surface area contributed by atoms with Gasteiger partial charge in [-0.1, -0.05) is 12.1 Å². The summed E-state index contributed by atoms with van der Waals surface area (Å²) < 4.78 is 32.7. The Hall–Kier alpha value is -2.38. The number of carbonyl (C=O) groups is 1. The molecule has 1 saturated heterocycles. The summed E-state index contributed by atoms with van der Waals surface area (Å²) in [5.74, 6) is 0.775. The number of benzene rings is 2. The van der Waals surface area contributed by atoms with E-state index in [1.807, 2.05) is 24.3 Å². The first kappa shape index (κ1) is 21.8. The third-order valence-electron chi connectivity index (χ3n) is 5.99. The van der Waals surface area contributed by atoms with E-state index in [-0.39, 0.29) is 10.8 Å². The van der Waals surface area contributed by atoms with Crippen LogP contribution in [0.3, 0.4) is 0 Å². The van der Waals surface area contributed by atoms with E-state index >= 15 is 0 Å². The maximum absolute atomic E-state index is 12.6. The molecule has 1 saturated carbocycles. The molecule has 0 radical (unpaired) electrons. The van der Waals surface area contributed by atoms with E-state index in [9.17, 15) is 13.2 Å². The van der Waals surface area contributed by atoms with Crippen molar-refractivity contribution in [3.05, 3.63) is 54.1 Å². The molecule has 1 amide bonds. The smallest absolute Gasteiger partial charge is 0.243 e. The predicted octanol–water partition coefficient (Wildman–Crippen LogP) is 4.36. The molecule has 6 nitrogen and oxygen atoms in total. The fourth-order valence-electron chi connectivity index (χ4n) is 4.24. The number of hydrogen-bond donors (Lipinski definition) is 1. The lowest BCUT2D eigenvalue weighted by Gasteiger charge is -2.15. The molecule has 1 heterocycles. The second kappa shape index (κ2) is 9.83. The van der Waals surface area contributed by atoms with E-state index in [0.717, 1.165) is 37.0 Å². The molecule has 2 aromatic rings. The van der Waals surface area contributed by atoms with Crippen LogP contribution in [0.25, 0.3) is 0 Å². The molecule has 166 valence electrons. The second-order valence-electron chi connectivity index (χ2n) is 8.36. The monoisotopic (exact) mass is 442 g/mol. The van der Waals surface area contributed by atoms with E-state index < -0.39 is 10.0 Å². The summed E-state index contributed by atoms with van der Waals surface area (Å²) in [4.78, 5) is 12.6. The van der Waals surface area contributed by atoms with Crippen molar-refractivity contribution in [1.82, 2.24) is 4.31 Å². The lowest BCUT2D eigenvalue weighted by molar-refractivity contribution is -0.116. The SMILES string of the molecule is O=C(CCc1cccc(OC2CCCC2)c1)Nc1ccc(S(=O)(=O)N2CCCC2)cc1. The average Bonchev–Trinajstić information content (AvgIpc) is 3.48. The lowest BCUT2D eigenvalue weighted by Crippen LogP contribution is -2.27. The maximum Gasteiger partial charge on any atom is 0.243 e. The highest BCUT2D eigenvalue weighted by molar-refractivity contribution is 7.89. The molecule has 2 fully saturated rings. The van der Waals surface area contributed by atoms with Gasteiger partial charge in [-0.15, -0.1) is 0 Å². The summed E-state index contributed by atoms with van der Waals surface area (Å²) in [7, 11) is -3.43. The Labute approximate surface area is 184 Å². The number of anilines is 1. The van der Waals surface area contributed by atoms with Gasteiger partial charge >= 0.3 is 0 Å². The summed E-state index contributed by atoms with van der Waals surface area (Å²) in [6, 6.07) is 14.4. The first-order valence-corrected chi connectivity index (χ1v) is 12.6. The van der Waals surface area contributed by atoms with Gasteiger partial charge in [0.15, 0.2) is 0 Å². The summed E-state index contributed by atoms with van der Waals surface area (Å²) in [6.07, 6.45) is 7.79. The minimum absolute atomic E-state index is 0.0998. The molecule has 0 aromatic heterocycles. The van der Waals surface area contributed by atoms with Crippen LogP contribution in [-0.2, 0) is 21.2 Å². The first-order valence-electron chi connectivity index (χ1n) is 11.2. The van der Waals surface area contributed by atoms with E-state index in [1.165, 1.54) is 17.1 Å². The Kier molecular flexibility index (Phi) is 6.92. The van der Waals surface area contributed by atoms with E-state index in [2.05, 4.69) is 5.32 Å². The van der Waals surface area contributed by atoms with Crippen LogP contribution in [0, 0.1) is 0 Å². The van der Waals surface area contributed by atoms with Crippen molar-refractivity contribution in [2.45, 2.75) is 62.4 Å². The number of sulfonamides is 1. The summed E-state index contributed by atoms with van der Waals surface area (Å²) in [6.45, 7) is 1.15. The van der Waals surface area contributed by atoms with Crippen molar-refractivity contribution in [2.75, 3.05) is 18.4 Å². The minimum Gasteiger partial charge on any atom is -0.490 e. The molecular weight excluding hydrogens is 412 g/mol. The van der Waals surface area contributed by atoms with Crippen LogP contribution in [0.15, 0.2) is 53.4 Å². The molecule has 1 aliphatic carbocycles. The first-order chi connectivity index (χ1) is 15.0. The third-order valence-corrected chi connectivity index (χ3v) is 7.90. The lowest BCUT2D eigenvalue weighted by atomic mass is 10.1. The molecule has 31 heavy (non-hydrogen) atoms. The van der Waals surface area contributed by atoms with Gasteiger partial charge in [-0.25, -0.2) is 8.42 Å². The normalized spacial score (nSPS) is 17.7. The molecule has 7 heteroatoms. The molecule has 2 aromatic carbocycles. The zero-order valence-electron chi connectivity index (χ0n) is 17.8. The second-order valence-corrected chi connectivity index (χ2v) is 10.3. The van der Waals surface area contributed by atoms with Crippen molar-refractivity contribution in [3.63, 3.8) is 0 Å². The number of rotatable bonds is 8. The molecule has 0 unspecified atom stereocenters. The number of carbonyl (C=O) groups excluding carboxylic acids is 1. The molecule has 1 aliphatic heterocycles. The summed E-state index contributed by atoms with van der Waals surface area (Å²) >= 11 is 0. The fraction of sp³-hybridized carbons (Fsp3) is 0.458. The maximum atomic E-state index is 12.6. The standard InChI is InChI=1S/C24H30N2O4S/c27-24(15-10-19-6-5-9-22(18-19)30-21-7-1-2-8-21)25-20-11-13-23(14-12-20)31(28,29)26-16-3-4-17-26/h5-6,9,11-14,18,21H,1-4,7-8,10,15-17H2,(H,25,27). The molecule has 2 aliphatic rings. The van der Waals surface area contributed by atoms with Crippen molar-refractivity contribution in [3.8, 4) is 5.75 Å². The van der Waals surface area contributed by atoms with Crippen LogP contribution >= 0.6 is 0 Å². The van der Waals surface area contributed by atoms with Crippen LogP contribution in [0.1, 0.15) is 50.5 Å². The van der Waals surface area contributed by atoms with Crippen molar-refractivity contribution >= 4 is 21.6 Å². The molecule has 0 spiro atoms. The molecule has 1 N–H and O–H groups in total. The fourth-order valence-corrected chi connectivity index (χ4v) is 5.76. The topological polar surface area (TPSA) is 75.7 Å².